The monoisotopic (exact) mass is 468 g/mol. The molecule has 5 rings (SSSR count). The minimum Gasteiger partial charge on any atom is -0.376 e. The van der Waals surface area contributed by atoms with Crippen molar-refractivity contribution < 1.29 is 14.3 Å². The first-order valence-corrected chi connectivity index (χ1v) is 11.8. The number of ketones is 1. The normalized spacial score (nSPS) is 17.4. The summed E-state index contributed by atoms with van der Waals surface area (Å²) >= 11 is 7.40. The third kappa shape index (κ3) is 4.44. The Morgan fingerprint density at radius 1 is 1.22 bits per heavy atom. The van der Waals surface area contributed by atoms with Gasteiger partial charge in [-0.2, -0.15) is 0 Å². The molecule has 0 spiro atoms. The van der Waals surface area contributed by atoms with Crippen LogP contribution in [-0.4, -0.2) is 44.9 Å². The van der Waals surface area contributed by atoms with Gasteiger partial charge >= 0.3 is 0 Å². The van der Waals surface area contributed by atoms with Crippen molar-refractivity contribution in [2.45, 2.75) is 37.1 Å². The van der Waals surface area contributed by atoms with Crippen molar-refractivity contribution in [1.29, 1.82) is 0 Å². The van der Waals surface area contributed by atoms with Gasteiger partial charge in [0.1, 0.15) is 0 Å². The summed E-state index contributed by atoms with van der Waals surface area (Å²) in [5, 5.41) is 12.9. The Balaban J connectivity index is 1.36. The molecule has 164 valence electrons. The largest absolute Gasteiger partial charge is 0.376 e. The number of nitrogens with one attached hydrogen (secondary N) is 1. The van der Waals surface area contributed by atoms with E-state index in [0.717, 1.165) is 42.1 Å². The second-order valence-corrected chi connectivity index (χ2v) is 9.25. The van der Waals surface area contributed by atoms with E-state index in [1.807, 2.05) is 28.8 Å². The van der Waals surface area contributed by atoms with Crippen molar-refractivity contribution in [3.05, 3.63) is 58.6 Å². The lowest BCUT2D eigenvalue weighted by Crippen LogP contribution is -2.17. The predicted molar refractivity (Wildman–Crippen MR) is 123 cm³/mol. The van der Waals surface area contributed by atoms with Gasteiger partial charge in [0.25, 0.3) is 0 Å². The molecule has 0 radical (unpaired) electrons. The van der Waals surface area contributed by atoms with Gasteiger partial charge in [0, 0.05) is 28.4 Å². The Morgan fingerprint density at radius 2 is 2.06 bits per heavy atom. The van der Waals surface area contributed by atoms with Crippen molar-refractivity contribution in [3.8, 4) is 11.4 Å². The predicted octanol–water partition coefficient (Wildman–Crippen LogP) is 4.25. The Labute approximate surface area is 194 Å². The zero-order chi connectivity index (χ0) is 22.1. The number of ether oxygens (including phenoxy) is 1. The molecule has 2 aromatic carbocycles. The molecule has 0 aliphatic carbocycles. The van der Waals surface area contributed by atoms with Crippen LogP contribution in [0.25, 0.3) is 11.4 Å². The van der Waals surface area contributed by atoms with E-state index in [1.54, 1.807) is 18.2 Å². The number of fused-ring (bicyclic) bond motifs is 1. The van der Waals surface area contributed by atoms with E-state index in [1.165, 1.54) is 11.8 Å². The molecule has 32 heavy (non-hydrogen) atoms. The molecular weight excluding hydrogens is 448 g/mol. The Kier molecular flexibility index (Phi) is 5.99. The van der Waals surface area contributed by atoms with Gasteiger partial charge in [-0.15, -0.1) is 10.2 Å². The summed E-state index contributed by atoms with van der Waals surface area (Å²) in [4.78, 5) is 24.4. The molecule has 1 saturated heterocycles. The Hall–Kier alpha value is -2.68. The van der Waals surface area contributed by atoms with Gasteiger partial charge in [-0.3, -0.25) is 14.2 Å². The molecule has 1 fully saturated rings. The minimum atomic E-state index is -0.0454. The van der Waals surface area contributed by atoms with Crippen molar-refractivity contribution in [1.82, 2.24) is 14.8 Å². The van der Waals surface area contributed by atoms with E-state index in [9.17, 15) is 9.59 Å². The van der Waals surface area contributed by atoms with E-state index in [0.29, 0.717) is 28.7 Å². The topological polar surface area (TPSA) is 86.1 Å². The molecule has 3 heterocycles. The van der Waals surface area contributed by atoms with Gasteiger partial charge in [-0.1, -0.05) is 23.4 Å². The number of carbonyl (C=O) groups excluding carboxylic acids is 2. The number of amides is 1. The average molecular weight is 469 g/mol. The molecular formula is C23H21ClN4O3S. The zero-order valence-electron chi connectivity index (χ0n) is 17.2. The van der Waals surface area contributed by atoms with Crippen molar-refractivity contribution in [2.75, 3.05) is 17.7 Å². The molecule has 2 aliphatic heterocycles. The van der Waals surface area contributed by atoms with Crippen LogP contribution in [0.4, 0.5) is 5.69 Å². The first kappa shape index (κ1) is 21.2. The number of hydrogen-bond acceptors (Lipinski definition) is 6. The first-order valence-electron chi connectivity index (χ1n) is 10.5. The number of aromatic nitrogens is 3. The highest BCUT2D eigenvalue weighted by atomic mass is 35.5. The fraction of sp³-hybridized carbons (Fsp3) is 0.304. The number of nitrogens with zero attached hydrogens (tertiary/aromatic N) is 3. The van der Waals surface area contributed by atoms with Crippen LogP contribution in [0.3, 0.4) is 0 Å². The second kappa shape index (κ2) is 9.05. The van der Waals surface area contributed by atoms with Gasteiger partial charge in [0.05, 0.1) is 24.8 Å². The molecule has 3 aromatic rings. The smallest absolute Gasteiger partial charge is 0.228 e. The number of carbonyl (C=O) groups is 2. The molecule has 0 unspecified atom stereocenters. The molecule has 1 N–H and O–H groups in total. The summed E-state index contributed by atoms with van der Waals surface area (Å²) in [6.45, 7) is 1.40. The number of halogens is 1. The lowest BCUT2D eigenvalue weighted by molar-refractivity contribution is -0.115. The second-order valence-electron chi connectivity index (χ2n) is 7.87. The highest BCUT2D eigenvalue weighted by molar-refractivity contribution is 7.99. The van der Waals surface area contributed by atoms with Crippen LogP contribution in [0, 0.1) is 0 Å². The summed E-state index contributed by atoms with van der Waals surface area (Å²) in [5.41, 5.74) is 3.14. The standard InChI is InChI=1S/C23H21ClN4O3S/c24-17-6-3-14(4-7-17)22-26-27-23(28(22)12-18-2-1-9-31-18)32-13-20(29)15-5-8-19-16(10-15)11-21(30)25-19/h3-8,10,18H,1-2,9,11-13H2,(H,25,30)/t18-/m0/s1. The molecule has 0 bridgehead atoms. The van der Waals surface area contributed by atoms with Gasteiger partial charge in [0.15, 0.2) is 16.8 Å². The van der Waals surface area contributed by atoms with Crippen LogP contribution >= 0.6 is 23.4 Å². The summed E-state index contributed by atoms with van der Waals surface area (Å²) in [6.07, 6.45) is 2.45. The summed E-state index contributed by atoms with van der Waals surface area (Å²) in [6, 6.07) is 12.8. The van der Waals surface area contributed by atoms with Crippen LogP contribution in [0.5, 0.6) is 0 Å². The summed E-state index contributed by atoms with van der Waals surface area (Å²) in [5.74, 6) is 0.895. The third-order valence-corrected chi connectivity index (χ3v) is 6.83. The molecule has 1 atom stereocenters. The molecule has 9 heteroatoms. The van der Waals surface area contributed by atoms with Gasteiger partial charge < -0.3 is 10.1 Å². The first-order chi connectivity index (χ1) is 15.6. The number of Topliss-reactive ketones (excluding diaryl/α,β-unsaturated/α-hetero) is 1. The average Bonchev–Trinajstić information content (AvgIpc) is 3.52. The number of thioether (sulfide) groups is 1. The SMILES string of the molecule is O=C1Cc2cc(C(=O)CSc3nnc(-c4ccc(Cl)cc4)n3C[C@@H]3CCCO3)ccc2N1. The summed E-state index contributed by atoms with van der Waals surface area (Å²) in [7, 11) is 0. The fourth-order valence-corrected chi connectivity index (χ4v) is 4.95. The van der Waals surface area contributed by atoms with E-state index in [2.05, 4.69) is 15.5 Å². The maximum absolute atomic E-state index is 12.8. The molecule has 2 aliphatic rings. The highest BCUT2D eigenvalue weighted by Crippen LogP contribution is 2.29. The maximum Gasteiger partial charge on any atom is 0.228 e. The van der Waals surface area contributed by atoms with Crippen molar-refractivity contribution >= 4 is 40.7 Å². The van der Waals surface area contributed by atoms with Gasteiger partial charge in [0.2, 0.25) is 5.91 Å². The summed E-state index contributed by atoms with van der Waals surface area (Å²) < 4.78 is 7.86. The quantitative estimate of drug-likeness (QED) is 0.412. The van der Waals surface area contributed by atoms with Crippen LogP contribution in [0.2, 0.25) is 5.02 Å². The number of benzene rings is 2. The van der Waals surface area contributed by atoms with Crippen LogP contribution in [-0.2, 0) is 22.5 Å². The van der Waals surface area contributed by atoms with Crippen LogP contribution < -0.4 is 5.32 Å². The van der Waals surface area contributed by atoms with Gasteiger partial charge in [-0.25, -0.2) is 0 Å². The minimum absolute atomic E-state index is 0.0168. The lowest BCUT2D eigenvalue weighted by atomic mass is 10.1. The van der Waals surface area contributed by atoms with E-state index in [4.69, 9.17) is 16.3 Å². The van der Waals surface area contributed by atoms with E-state index >= 15 is 0 Å². The number of anilines is 1. The molecule has 1 aromatic heterocycles. The van der Waals surface area contributed by atoms with Gasteiger partial charge in [-0.05, 0) is 60.9 Å². The number of rotatable bonds is 7. The number of hydrogen-bond donors (Lipinski definition) is 1. The third-order valence-electron chi connectivity index (χ3n) is 5.61. The van der Waals surface area contributed by atoms with E-state index < -0.39 is 0 Å². The molecule has 1 amide bonds. The van der Waals surface area contributed by atoms with Crippen molar-refractivity contribution in [2.24, 2.45) is 0 Å². The highest BCUT2D eigenvalue weighted by Gasteiger charge is 2.23. The lowest BCUT2D eigenvalue weighted by Gasteiger charge is -2.14. The molecule has 0 saturated carbocycles. The Morgan fingerprint density at radius 3 is 2.84 bits per heavy atom. The zero-order valence-corrected chi connectivity index (χ0v) is 18.8. The van der Waals surface area contributed by atoms with Crippen LogP contribution in [0.1, 0.15) is 28.8 Å². The maximum atomic E-state index is 12.8. The fourth-order valence-electron chi connectivity index (χ4n) is 3.98. The van der Waals surface area contributed by atoms with Crippen molar-refractivity contribution in [3.63, 3.8) is 0 Å². The van der Waals surface area contributed by atoms with E-state index in [-0.39, 0.29) is 23.5 Å². The van der Waals surface area contributed by atoms with Crippen LogP contribution in [0.15, 0.2) is 47.6 Å². The Bertz CT molecular complexity index is 1170. The molecule has 7 nitrogen and oxygen atoms in total.